The summed E-state index contributed by atoms with van der Waals surface area (Å²) in [6.07, 6.45) is 3.32. The third-order valence-electron chi connectivity index (χ3n) is 2.97. The quantitative estimate of drug-likeness (QED) is 0.590. The first-order valence-electron chi connectivity index (χ1n) is 6.36. The van der Waals surface area contributed by atoms with Crippen molar-refractivity contribution in [2.24, 2.45) is 0 Å². The molecule has 18 heavy (non-hydrogen) atoms. The molecule has 98 valence electrons. The summed E-state index contributed by atoms with van der Waals surface area (Å²) in [6.45, 7) is 8.73. The lowest BCUT2D eigenvalue weighted by Gasteiger charge is -2.18. The van der Waals surface area contributed by atoms with Crippen molar-refractivity contribution in [3.8, 4) is 0 Å². The second-order valence-corrected chi connectivity index (χ2v) is 5.02. The molecule has 2 heteroatoms. The molecule has 1 aromatic carbocycles. The minimum Gasteiger partial charge on any atom is -0.466 e. The molecule has 0 aliphatic carbocycles. The first-order chi connectivity index (χ1) is 8.47. The van der Waals surface area contributed by atoms with Gasteiger partial charge in [0.05, 0.1) is 7.11 Å². The van der Waals surface area contributed by atoms with Crippen LogP contribution >= 0.6 is 0 Å². The van der Waals surface area contributed by atoms with Gasteiger partial charge in [-0.3, -0.25) is 0 Å². The van der Waals surface area contributed by atoms with Crippen LogP contribution in [0.2, 0.25) is 0 Å². The second-order valence-electron chi connectivity index (χ2n) is 5.02. The standard InChI is InChI=1S/C16H22O2/c1-11(2)14-8-6-7-13(16(14)12(3)4)9-10-15(17)18-5/h6-12H,1-5H3/b10-9+. The van der Waals surface area contributed by atoms with Gasteiger partial charge in [-0.1, -0.05) is 45.9 Å². The molecule has 0 aliphatic rings. The van der Waals surface area contributed by atoms with Crippen molar-refractivity contribution in [2.45, 2.75) is 39.5 Å². The molecule has 0 heterocycles. The van der Waals surface area contributed by atoms with Crippen molar-refractivity contribution in [2.75, 3.05) is 7.11 Å². The molecule has 0 saturated heterocycles. The van der Waals surface area contributed by atoms with E-state index in [1.165, 1.54) is 24.3 Å². The average Bonchev–Trinajstić information content (AvgIpc) is 2.34. The molecular formula is C16H22O2. The zero-order chi connectivity index (χ0) is 13.7. The number of methoxy groups -OCH3 is 1. The maximum atomic E-state index is 11.2. The number of hydrogen-bond acceptors (Lipinski definition) is 2. The Bertz CT molecular complexity index is 442. The SMILES string of the molecule is COC(=O)/C=C/c1cccc(C(C)C)c1C(C)C. The lowest BCUT2D eigenvalue weighted by atomic mass is 9.87. The van der Waals surface area contributed by atoms with E-state index in [4.69, 9.17) is 0 Å². The Morgan fingerprint density at radius 3 is 2.33 bits per heavy atom. The molecule has 1 rings (SSSR count). The molecule has 1 aromatic rings. The maximum absolute atomic E-state index is 11.2. The van der Waals surface area contributed by atoms with Crippen molar-refractivity contribution in [1.29, 1.82) is 0 Å². The number of rotatable bonds is 4. The number of carbonyl (C=O) groups is 1. The minimum absolute atomic E-state index is 0.320. The molecule has 0 amide bonds. The van der Waals surface area contributed by atoms with Gasteiger partial charge < -0.3 is 4.74 Å². The summed E-state index contributed by atoms with van der Waals surface area (Å²) < 4.78 is 4.62. The highest BCUT2D eigenvalue weighted by Crippen LogP contribution is 2.29. The van der Waals surface area contributed by atoms with Gasteiger partial charge in [0.1, 0.15) is 0 Å². The summed E-state index contributed by atoms with van der Waals surface area (Å²) >= 11 is 0. The van der Waals surface area contributed by atoms with Gasteiger partial charge in [-0.25, -0.2) is 4.79 Å². The van der Waals surface area contributed by atoms with Crippen LogP contribution in [-0.2, 0) is 9.53 Å². The Kier molecular flexibility index (Phi) is 5.14. The van der Waals surface area contributed by atoms with Gasteiger partial charge in [0.15, 0.2) is 0 Å². The van der Waals surface area contributed by atoms with Gasteiger partial charge in [-0.05, 0) is 34.6 Å². The van der Waals surface area contributed by atoms with E-state index in [1.807, 2.05) is 18.2 Å². The molecule has 0 N–H and O–H groups in total. The fourth-order valence-corrected chi connectivity index (χ4v) is 2.14. The van der Waals surface area contributed by atoms with Gasteiger partial charge in [-0.2, -0.15) is 0 Å². The summed E-state index contributed by atoms with van der Waals surface area (Å²) in [4.78, 5) is 11.2. The summed E-state index contributed by atoms with van der Waals surface area (Å²) in [5.74, 6) is 0.592. The average molecular weight is 246 g/mol. The van der Waals surface area contributed by atoms with Crippen LogP contribution in [0, 0.1) is 0 Å². The largest absolute Gasteiger partial charge is 0.466 e. The topological polar surface area (TPSA) is 26.3 Å². The highest BCUT2D eigenvalue weighted by molar-refractivity contribution is 5.87. The van der Waals surface area contributed by atoms with Gasteiger partial charge in [-0.15, -0.1) is 0 Å². The van der Waals surface area contributed by atoms with E-state index < -0.39 is 0 Å². The van der Waals surface area contributed by atoms with Crippen molar-refractivity contribution < 1.29 is 9.53 Å². The Morgan fingerprint density at radius 2 is 1.83 bits per heavy atom. The number of carbonyl (C=O) groups excluding carboxylic acids is 1. The monoisotopic (exact) mass is 246 g/mol. The fraction of sp³-hybridized carbons (Fsp3) is 0.438. The molecule has 0 atom stereocenters. The predicted octanol–water partition coefficient (Wildman–Crippen LogP) is 4.12. The smallest absolute Gasteiger partial charge is 0.330 e. The molecular weight excluding hydrogens is 224 g/mol. The molecule has 0 saturated carbocycles. The van der Waals surface area contributed by atoms with Crippen LogP contribution in [0.5, 0.6) is 0 Å². The summed E-state index contributed by atoms with van der Waals surface area (Å²) in [5.41, 5.74) is 3.76. The summed E-state index contributed by atoms with van der Waals surface area (Å²) in [5, 5.41) is 0. The predicted molar refractivity (Wildman–Crippen MR) is 75.7 cm³/mol. The van der Waals surface area contributed by atoms with E-state index in [0.717, 1.165) is 5.56 Å². The number of esters is 1. The zero-order valence-electron chi connectivity index (χ0n) is 11.9. The van der Waals surface area contributed by atoms with Crippen LogP contribution in [0.1, 0.15) is 56.2 Å². The molecule has 0 spiro atoms. The van der Waals surface area contributed by atoms with Crippen LogP contribution in [-0.4, -0.2) is 13.1 Å². The fourth-order valence-electron chi connectivity index (χ4n) is 2.14. The van der Waals surface area contributed by atoms with Crippen molar-refractivity contribution in [1.82, 2.24) is 0 Å². The first-order valence-corrected chi connectivity index (χ1v) is 6.36. The van der Waals surface area contributed by atoms with E-state index in [-0.39, 0.29) is 5.97 Å². The Hall–Kier alpha value is -1.57. The number of benzene rings is 1. The van der Waals surface area contributed by atoms with Gasteiger partial charge >= 0.3 is 5.97 Å². The number of ether oxygens (including phenoxy) is 1. The van der Waals surface area contributed by atoms with Crippen molar-refractivity contribution in [3.05, 3.63) is 41.0 Å². The Balaban J connectivity index is 3.23. The van der Waals surface area contributed by atoms with Crippen LogP contribution in [0.15, 0.2) is 24.3 Å². The third kappa shape index (κ3) is 3.46. The Morgan fingerprint density at radius 1 is 1.17 bits per heavy atom. The van der Waals surface area contributed by atoms with Crippen LogP contribution in [0.25, 0.3) is 6.08 Å². The minimum atomic E-state index is -0.320. The van der Waals surface area contributed by atoms with E-state index in [2.05, 4.69) is 38.5 Å². The molecule has 0 aliphatic heterocycles. The van der Waals surface area contributed by atoms with E-state index in [9.17, 15) is 4.79 Å². The molecule has 2 nitrogen and oxygen atoms in total. The van der Waals surface area contributed by atoms with Crippen LogP contribution in [0.3, 0.4) is 0 Å². The maximum Gasteiger partial charge on any atom is 0.330 e. The molecule has 0 aromatic heterocycles. The van der Waals surface area contributed by atoms with E-state index in [1.54, 1.807) is 0 Å². The third-order valence-corrected chi connectivity index (χ3v) is 2.97. The van der Waals surface area contributed by atoms with Gasteiger partial charge in [0.2, 0.25) is 0 Å². The van der Waals surface area contributed by atoms with Crippen LogP contribution in [0.4, 0.5) is 0 Å². The lowest BCUT2D eigenvalue weighted by molar-refractivity contribution is -0.134. The summed E-state index contributed by atoms with van der Waals surface area (Å²) in [7, 11) is 1.39. The van der Waals surface area contributed by atoms with Crippen molar-refractivity contribution in [3.63, 3.8) is 0 Å². The second kappa shape index (κ2) is 6.39. The van der Waals surface area contributed by atoms with E-state index >= 15 is 0 Å². The first kappa shape index (κ1) is 14.5. The molecule has 0 fully saturated rings. The van der Waals surface area contributed by atoms with Gasteiger partial charge in [0.25, 0.3) is 0 Å². The van der Waals surface area contributed by atoms with Crippen molar-refractivity contribution >= 4 is 12.0 Å². The zero-order valence-corrected chi connectivity index (χ0v) is 11.9. The Labute approximate surface area is 110 Å². The molecule has 0 unspecified atom stereocenters. The normalized spacial score (nSPS) is 11.5. The van der Waals surface area contributed by atoms with Crippen LogP contribution < -0.4 is 0 Å². The highest BCUT2D eigenvalue weighted by atomic mass is 16.5. The number of hydrogen-bond donors (Lipinski definition) is 0. The van der Waals surface area contributed by atoms with Gasteiger partial charge in [0, 0.05) is 6.08 Å². The highest BCUT2D eigenvalue weighted by Gasteiger charge is 2.12. The summed E-state index contributed by atoms with van der Waals surface area (Å²) in [6, 6.07) is 6.24. The molecule has 0 radical (unpaired) electrons. The lowest BCUT2D eigenvalue weighted by Crippen LogP contribution is -2.02. The van der Waals surface area contributed by atoms with E-state index in [0.29, 0.717) is 11.8 Å². The molecule has 0 bridgehead atoms.